The van der Waals surface area contributed by atoms with Gasteiger partial charge in [-0.05, 0) is 12.3 Å². The van der Waals surface area contributed by atoms with E-state index in [-0.39, 0.29) is 12.3 Å². The molecule has 13 nitrogen and oxygen atoms in total. The SMILES string of the molecule is CC(C)CC(NC(=O)C(CO)NC(=O)C(CC(N)=O)NC(=O)C(N)CO)C(=O)O. The largest absolute Gasteiger partial charge is 0.480 e. The van der Waals surface area contributed by atoms with Gasteiger partial charge in [0.15, 0.2) is 0 Å². The lowest BCUT2D eigenvalue weighted by molar-refractivity contribution is -0.143. The van der Waals surface area contributed by atoms with Crippen LogP contribution in [-0.2, 0) is 24.0 Å². The molecule has 0 saturated carbocycles. The lowest BCUT2D eigenvalue weighted by Gasteiger charge is -2.24. The summed E-state index contributed by atoms with van der Waals surface area (Å²) in [7, 11) is 0. The quantitative estimate of drug-likeness (QED) is 0.144. The average molecular weight is 419 g/mol. The molecule has 4 amide bonds. The van der Waals surface area contributed by atoms with E-state index in [2.05, 4.69) is 16.0 Å². The molecule has 166 valence electrons. The Morgan fingerprint density at radius 3 is 1.72 bits per heavy atom. The van der Waals surface area contributed by atoms with Crippen molar-refractivity contribution in [1.29, 1.82) is 0 Å². The first-order valence-corrected chi connectivity index (χ1v) is 8.82. The summed E-state index contributed by atoms with van der Waals surface area (Å²) in [6, 6.07) is -5.67. The van der Waals surface area contributed by atoms with Crippen molar-refractivity contribution in [3.8, 4) is 0 Å². The van der Waals surface area contributed by atoms with Crippen molar-refractivity contribution in [3.05, 3.63) is 0 Å². The highest BCUT2D eigenvalue weighted by Gasteiger charge is 2.30. The van der Waals surface area contributed by atoms with Gasteiger partial charge in [0.05, 0.1) is 19.6 Å². The van der Waals surface area contributed by atoms with Crippen molar-refractivity contribution in [2.75, 3.05) is 13.2 Å². The molecule has 0 aliphatic rings. The fraction of sp³-hybridized carbons (Fsp3) is 0.688. The van der Waals surface area contributed by atoms with Crippen LogP contribution in [0.25, 0.3) is 0 Å². The first-order chi connectivity index (χ1) is 13.4. The molecule has 4 unspecified atom stereocenters. The van der Waals surface area contributed by atoms with Gasteiger partial charge in [0.25, 0.3) is 0 Å². The lowest BCUT2D eigenvalue weighted by atomic mass is 10.0. The van der Waals surface area contributed by atoms with Gasteiger partial charge in [0.1, 0.15) is 24.2 Å². The van der Waals surface area contributed by atoms with E-state index in [4.69, 9.17) is 16.6 Å². The average Bonchev–Trinajstić information content (AvgIpc) is 2.62. The maximum atomic E-state index is 12.4. The van der Waals surface area contributed by atoms with Gasteiger partial charge in [-0.2, -0.15) is 0 Å². The molecule has 0 saturated heterocycles. The van der Waals surface area contributed by atoms with Crippen molar-refractivity contribution in [2.45, 2.75) is 50.9 Å². The van der Waals surface area contributed by atoms with E-state index in [1.807, 2.05) is 0 Å². The zero-order chi connectivity index (χ0) is 22.7. The third-order valence-electron chi connectivity index (χ3n) is 3.71. The summed E-state index contributed by atoms with van der Waals surface area (Å²) in [4.78, 5) is 58.8. The molecule has 0 aromatic heterocycles. The van der Waals surface area contributed by atoms with E-state index in [1.54, 1.807) is 13.8 Å². The third kappa shape index (κ3) is 9.82. The summed E-state index contributed by atoms with van der Waals surface area (Å²) in [5.41, 5.74) is 10.4. The van der Waals surface area contributed by atoms with Gasteiger partial charge < -0.3 is 42.7 Å². The Morgan fingerprint density at radius 2 is 1.31 bits per heavy atom. The summed E-state index contributed by atoms with van der Waals surface area (Å²) < 4.78 is 0. The molecular formula is C16H29N5O8. The lowest BCUT2D eigenvalue weighted by Crippen LogP contribution is -2.59. The first-order valence-electron chi connectivity index (χ1n) is 8.82. The third-order valence-corrected chi connectivity index (χ3v) is 3.71. The molecule has 4 atom stereocenters. The van der Waals surface area contributed by atoms with Crippen molar-refractivity contribution in [3.63, 3.8) is 0 Å². The number of carboxylic acids is 1. The Bertz CT molecular complexity index is 612. The van der Waals surface area contributed by atoms with Crippen LogP contribution >= 0.6 is 0 Å². The van der Waals surface area contributed by atoms with Gasteiger partial charge in [0, 0.05) is 0 Å². The number of carbonyl (C=O) groups is 5. The molecule has 0 fully saturated rings. The normalized spacial score (nSPS) is 15.0. The fourth-order valence-electron chi connectivity index (χ4n) is 2.20. The second-order valence-electron chi connectivity index (χ2n) is 6.79. The van der Waals surface area contributed by atoms with E-state index in [9.17, 15) is 34.2 Å². The van der Waals surface area contributed by atoms with Crippen molar-refractivity contribution < 1.29 is 39.3 Å². The number of amides is 4. The minimum atomic E-state index is -1.55. The predicted molar refractivity (Wildman–Crippen MR) is 98.8 cm³/mol. The molecule has 13 heteroatoms. The van der Waals surface area contributed by atoms with Crippen LogP contribution in [0.3, 0.4) is 0 Å². The fourth-order valence-corrected chi connectivity index (χ4v) is 2.20. The van der Waals surface area contributed by atoms with Crippen LogP contribution < -0.4 is 27.4 Å². The van der Waals surface area contributed by atoms with Crippen LogP contribution in [0.1, 0.15) is 26.7 Å². The van der Waals surface area contributed by atoms with Gasteiger partial charge >= 0.3 is 5.97 Å². The second-order valence-corrected chi connectivity index (χ2v) is 6.79. The molecule has 0 bridgehead atoms. The van der Waals surface area contributed by atoms with E-state index in [1.165, 1.54) is 0 Å². The Hall–Kier alpha value is -2.77. The maximum Gasteiger partial charge on any atom is 0.326 e. The first kappa shape index (κ1) is 26.2. The van der Waals surface area contributed by atoms with Gasteiger partial charge in [-0.3, -0.25) is 19.2 Å². The standard InChI is InChI=1S/C16H29N5O8/c1-7(2)3-10(16(28)29)20-15(27)11(6-23)21-14(26)9(4-12(18)24)19-13(25)8(17)5-22/h7-11,22-23H,3-6,17H2,1-2H3,(H2,18,24)(H,19,25)(H,20,27)(H,21,26)(H,28,29). The highest BCUT2D eigenvalue weighted by atomic mass is 16.4. The number of carboxylic acid groups (broad SMARTS) is 1. The number of rotatable bonds is 13. The number of carbonyl (C=O) groups excluding carboxylic acids is 4. The number of hydrogen-bond acceptors (Lipinski definition) is 8. The van der Waals surface area contributed by atoms with Gasteiger partial charge in [-0.25, -0.2) is 4.79 Å². The summed E-state index contributed by atoms with van der Waals surface area (Å²) in [5.74, 6) is -5.23. The maximum absolute atomic E-state index is 12.4. The van der Waals surface area contributed by atoms with Crippen LogP contribution in [0.2, 0.25) is 0 Å². The molecule has 10 N–H and O–H groups in total. The predicted octanol–water partition coefficient (Wildman–Crippen LogP) is -4.24. The molecule has 0 radical (unpaired) electrons. The molecule has 0 aliphatic carbocycles. The molecule has 0 aliphatic heterocycles. The molecular weight excluding hydrogens is 390 g/mol. The molecule has 0 heterocycles. The number of aliphatic hydroxyl groups excluding tert-OH is 2. The molecule has 0 spiro atoms. The highest BCUT2D eigenvalue weighted by Crippen LogP contribution is 2.05. The van der Waals surface area contributed by atoms with E-state index < -0.39 is 73.4 Å². The Morgan fingerprint density at radius 1 is 0.828 bits per heavy atom. The van der Waals surface area contributed by atoms with Crippen molar-refractivity contribution in [2.24, 2.45) is 17.4 Å². The summed E-state index contributed by atoms with van der Waals surface area (Å²) in [6.07, 6.45) is -0.521. The van der Waals surface area contributed by atoms with Crippen LogP contribution in [0, 0.1) is 5.92 Å². The number of aliphatic hydroxyl groups is 2. The molecule has 29 heavy (non-hydrogen) atoms. The number of nitrogens with two attached hydrogens (primary N) is 2. The highest BCUT2D eigenvalue weighted by molar-refractivity contribution is 5.96. The number of hydrogen-bond donors (Lipinski definition) is 8. The van der Waals surface area contributed by atoms with Crippen LogP contribution in [0.5, 0.6) is 0 Å². The van der Waals surface area contributed by atoms with E-state index in [0.717, 1.165) is 0 Å². The summed E-state index contributed by atoms with van der Waals surface area (Å²) in [5, 5.41) is 33.9. The van der Waals surface area contributed by atoms with Crippen LogP contribution in [-0.4, -0.2) is 82.3 Å². The minimum Gasteiger partial charge on any atom is -0.480 e. The smallest absolute Gasteiger partial charge is 0.326 e. The Balaban J connectivity index is 5.21. The summed E-state index contributed by atoms with van der Waals surface area (Å²) >= 11 is 0. The number of nitrogens with one attached hydrogen (secondary N) is 3. The monoisotopic (exact) mass is 419 g/mol. The summed E-state index contributed by atoms with van der Waals surface area (Å²) in [6.45, 7) is 1.91. The minimum absolute atomic E-state index is 0.0514. The Labute approximate surface area is 167 Å². The van der Waals surface area contributed by atoms with Crippen molar-refractivity contribution >= 4 is 29.6 Å². The van der Waals surface area contributed by atoms with Gasteiger partial charge in [0.2, 0.25) is 23.6 Å². The number of aliphatic carboxylic acids is 1. The van der Waals surface area contributed by atoms with Gasteiger partial charge in [-0.15, -0.1) is 0 Å². The van der Waals surface area contributed by atoms with Crippen LogP contribution in [0.15, 0.2) is 0 Å². The molecule has 0 aromatic carbocycles. The van der Waals surface area contributed by atoms with Crippen molar-refractivity contribution in [1.82, 2.24) is 16.0 Å². The van der Waals surface area contributed by atoms with E-state index in [0.29, 0.717) is 0 Å². The molecule has 0 aromatic rings. The molecule has 0 rings (SSSR count). The Kier molecular flexibility index (Phi) is 11.4. The zero-order valence-electron chi connectivity index (χ0n) is 16.3. The topological polar surface area (TPSA) is 234 Å². The van der Waals surface area contributed by atoms with Crippen LogP contribution in [0.4, 0.5) is 0 Å². The number of primary amides is 1. The van der Waals surface area contributed by atoms with Gasteiger partial charge in [-0.1, -0.05) is 13.8 Å². The zero-order valence-corrected chi connectivity index (χ0v) is 16.3. The van der Waals surface area contributed by atoms with E-state index >= 15 is 0 Å². The second kappa shape index (κ2) is 12.6.